The van der Waals surface area contributed by atoms with E-state index < -0.39 is 11.9 Å². The summed E-state index contributed by atoms with van der Waals surface area (Å²) < 4.78 is 11.2. The lowest BCUT2D eigenvalue weighted by molar-refractivity contribution is -0.188. The summed E-state index contributed by atoms with van der Waals surface area (Å²) in [7, 11) is 0. The molecule has 11 heavy (non-hydrogen) atoms. The fourth-order valence-corrected chi connectivity index (χ4v) is 0.614. The predicted octanol–water partition coefficient (Wildman–Crippen LogP) is 1.42. The molecule has 0 aliphatic heterocycles. The molecule has 1 unspecified atom stereocenters. The number of carbonyl (C=O) groups excluding carboxylic acids is 2. The topological polar surface area (TPSA) is 43.4 Å². The van der Waals surface area contributed by atoms with Crippen LogP contribution in [-0.4, -0.2) is 11.8 Å². The van der Waals surface area contributed by atoms with Crippen LogP contribution in [-0.2, 0) is 14.5 Å². The lowest BCUT2D eigenvalue weighted by atomic mass is 10.0. The first-order chi connectivity index (χ1) is 5.07. The van der Waals surface area contributed by atoms with Crippen molar-refractivity contribution in [2.24, 2.45) is 5.92 Å². The lowest BCUT2D eigenvalue weighted by Crippen LogP contribution is -2.11. The molecule has 0 amide bonds. The zero-order valence-electron chi connectivity index (χ0n) is 6.59. The molecule has 0 aromatic rings. The minimum atomic E-state index is -0.911. The second kappa shape index (κ2) is 4.82. The highest BCUT2D eigenvalue weighted by Gasteiger charge is 2.15. The quantitative estimate of drug-likeness (QED) is 0.627. The SMILES string of the molecule is CC(=O)CCC(C)C(=O)OF. The van der Waals surface area contributed by atoms with E-state index in [1.165, 1.54) is 13.8 Å². The summed E-state index contributed by atoms with van der Waals surface area (Å²) in [5.41, 5.74) is 0. The number of Topliss-reactive ketones (excluding diaryl/α,β-unsaturated/α-hetero) is 1. The van der Waals surface area contributed by atoms with Gasteiger partial charge < -0.3 is 4.79 Å². The average molecular weight is 162 g/mol. The van der Waals surface area contributed by atoms with Crippen LogP contribution in [0.5, 0.6) is 0 Å². The van der Waals surface area contributed by atoms with Crippen LogP contribution in [0.3, 0.4) is 0 Å². The van der Waals surface area contributed by atoms with Gasteiger partial charge >= 0.3 is 5.97 Å². The third-order valence-electron chi connectivity index (χ3n) is 1.41. The third kappa shape index (κ3) is 4.47. The fourth-order valence-electron chi connectivity index (χ4n) is 0.614. The van der Waals surface area contributed by atoms with E-state index in [0.717, 1.165) is 0 Å². The van der Waals surface area contributed by atoms with E-state index in [1.807, 2.05) is 0 Å². The van der Waals surface area contributed by atoms with E-state index in [4.69, 9.17) is 0 Å². The molecule has 1 atom stereocenters. The summed E-state index contributed by atoms with van der Waals surface area (Å²) in [4.78, 5) is 23.8. The molecule has 3 nitrogen and oxygen atoms in total. The van der Waals surface area contributed by atoms with Crippen molar-refractivity contribution in [3.05, 3.63) is 0 Å². The number of rotatable bonds is 4. The molecule has 0 spiro atoms. The molecule has 0 bridgehead atoms. The first-order valence-corrected chi connectivity index (χ1v) is 3.39. The van der Waals surface area contributed by atoms with Gasteiger partial charge in [-0.25, -0.2) is 4.79 Å². The Kier molecular flexibility index (Phi) is 4.41. The van der Waals surface area contributed by atoms with E-state index >= 15 is 0 Å². The maximum atomic E-state index is 11.2. The molecule has 0 aromatic heterocycles. The summed E-state index contributed by atoms with van der Waals surface area (Å²) in [6.07, 6.45) is 0.633. The van der Waals surface area contributed by atoms with Crippen molar-refractivity contribution >= 4 is 11.8 Å². The molecule has 4 heteroatoms. The van der Waals surface area contributed by atoms with E-state index in [0.29, 0.717) is 6.42 Å². The van der Waals surface area contributed by atoms with Gasteiger partial charge in [-0.2, -0.15) is 0 Å². The lowest BCUT2D eigenvalue weighted by Gasteiger charge is -2.02. The Morgan fingerprint density at radius 3 is 2.45 bits per heavy atom. The highest BCUT2D eigenvalue weighted by Crippen LogP contribution is 2.07. The second-order valence-electron chi connectivity index (χ2n) is 2.54. The standard InChI is InChI=1S/C7H11FO3/c1-5(7(10)11-8)3-4-6(2)9/h5H,3-4H2,1-2H3. The van der Waals surface area contributed by atoms with E-state index in [-0.39, 0.29) is 12.2 Å². The Morgan fingerprint density at radius 1 is 1.55 bits per heavy atom. The van der Waals surface area contributed by atoms with Crippen molar-refractivity contribution in [2.45, 2.75) is 26.7 Å². The normalized spacial score (nSPS) is 12.3. The minimum absolute atomic E-state index is 0.0106. The van der Waals surface area contributed by atoms with Gasteiger partial charge in [-0.1, -0.05) is 6.92 Å². The van der Waals surface area contributed by atoms with Crippen molar-refractivity contribution in [1.29, 1.82) is 0 Å². The van der Waals surface area contributed by atoms with Crippen molar-refractivity contribution in [3.8, 4) is 0 Å². The smallest absolute Gasteiger partial charge is 0.300 e. The molecular formula is C7H11FO3. The van der Waals surface area contributed by atoms with Gasteiger partial charge in [-0.05, 0) is 13.3 Å². The Morgan fingerprint density at radius 2 is 2.09 bits per heavy atom. The van der Waals surface area contributed by atoms with Gasteiger partial charge in [0.05, 0.1) is 5.92 Å². The highest BCUT2D eigenvalue weighted by atomic mass is 19.3. The molecule has 0 rings (SSSR count). The molecule has 0 aliphatic rings. The molecule has 0 heterocycles. The molecule has 0 aliphatic carbocycles. The van der Waals surface area contributed by atoms with Crippen molar-refractivity contribution < 1.29 is 19.1 Å². The molecule has 0 aromatic carbocycles. The van der Waals surface area contributed by atoms with E-state index in [1.54, 1.807) is 0 Å². The number of hydrogen-bond acceptors (Lipinski definition) is 3. The Labute approximate surface area is 64.4 Å². The zero-order valence-corrected chi connectivity index (χ0v) is 6.59. The van der Waals surface area contributed by atoms with Crippen molar-refractivity contribution in [2.75, 3.05) is 0 Å². The number of ketones is 1. The van der Waals surface area contributed by atoms with Gasteiger partial charge in [0.2, 0.25) is 0 Å². The van der Waals surface area contributed by atoms with Crippen molar-refractivity contribution in [1.82, 2.24) is 0 Å². The van der Waals surface area contributed by atoms with Crippen LogP contribution < -0.4 is 0 Å². The molecule has 0 N–H and O–H groups in total. The summed E-state index contributed by atoms with van der Waals surface area (Å²) in [5, 5.41) is 0. The summed E-state index contributed by atoms with van der Waals surface area (Å²) in [6.45, 7) is 2.94. The molecule has 0 saturated heterocycles. The molecule has 0 fully saturated rings. The molecule has 0 radical (unpaired) electrons. The first-order valence-electron chi connectivity index (χ1n) is 3.39. The average Bonchev–Trinajstić information content (AvgIpc) is 1.98. The minimum Gasteiger partial charge on any atom is -0.300 e. The van der Waals surface area contributed by atoms with Gasteiger partial charge in [0, 0.05) is 10.9 Å². The predicted molar refractivity (Wildman–Crippen MR) is 36.3 cm³/mol. The van der Waals surface area contributed by atoms with E-state index in [9.17, 15) is 14.1 Å². The van der Waals surface area contributed by atoms with Crippen LogP contribution in [0.1, 0.15) is 26.7 Å². The number of hydrogen-bond donors (Lipinski definition) is 0. The largest absolute Gasteiger partial charge is 0.351 e. The van der Waals surface area contributed by atoms with E-state index in [2.05, 4.69) is 4.94 Å². The zero-order chi connectivity index (χ0) is 8.85. The number of carbonyl (C=O) groups is 2. The van der Waals surface area contributed by atoms with Gasteiger partial charge in [-0.15, -0.1) is 0 Å². The van der Waals surface area contributed by atoms with Gasteiger partial charge in [0.1, 0.15) is 5.78 Å². The van der Waals surface area contributed by atoms with Crippen LogP contribution in [0, 0.1) is 5.92 Å². The third-order valence-corrected chi connectivity index (χ3v) is 1.41. The molecule has 0 saturated carbocycles. The first kappa shape index (κ1) is 10.1. The van der Waals surface area contributed by atoms with Crippen LogP contribution in [0.25, 0.3) is 0 Å². The Balaban J connectivity index is 3.60. The molecular weight excluding hydrogens is 151 g/mol. The van der Waals surface area contributed by atoms with Crippen LogP contribution in [0.2, 0.25) is 0 Å². The summed E-state index contributed by atoms with van der Waals surface area (Å²) >= 11 is 0. The van der Waals surface area contributed by atoms with Crippen LogP contribution >= 0.6 is 0 Å². The van der Waals surface area contributed by atoms with Crippen LogP contribution in [0.15, 0.2) is 0 Å². The Bertz CT molecular complexity index is 156. The van der Waals surface area contributed by atoms with Crippen LogP contribution in [0.4, 0.5) is 4.53 Å². The van der Waals surface area contributed by atoms with Gasteiger partial charge in [0.25, 0.3) is 0 Å². The second-order valence-corrected chi connectivity index (χ2v) is 2.54. The Hall–Kier alpha value is -0.930. The molecule has 64 valence electrons. The monoisotopic (exact) mass is 162 g/mol. The van der Waals surface area contributed by atoms with Gasteiger partial charge in [0.15, 0.2) is 0 Å². The number of halogens is 1. The maximum absolute atomic E-state index is 11.2. The maximum Gasteiger partial charge on any atom is 0.351 e. The van der Waals surface area contributed by atoms with Crippen molar-refractivity contribution in [3.63, 3.8) is 0 Å². The summed E-state index contributed by atoms with van der Waals surface area (Å²) in [6, 6.07) is 0. The fraction of sp³-hybridized carbons (Fsp3) is 0.714. The summed E-state index contributed by atoms with van der Waals surface area (Å²) in [5.74, 6) is -1.46. The highest BCUT2D eigenvalue weighted by molar-refractivity contribution is 5.77. The van der Waals surface area contributed by atoms with Gasteiger partial charge in [-0.3, -0.25) is 4.94 Å².